The van der Waals surface area contributed by atoms with Crippen LogP contribution < -0.4 is 14.2 Å². The Kier molecular flexibility index (Phi) is 14.9. The van der Waals surface area contributed by atoms with Gasteiger partial charge >= 0.3 is 6.09 Å². The molecule has 0 aromatic heterocycles. The summed E-state index contributed by atoms with van der Waals surface area (Å²) in [5, 5.41) is 24.5. The van der Waals surface area contributed by atoms with Gasteiger partial charge in [0, 0.05) is 38.2 Å². The number of halogens is 1. The number of benzene rings is 2. The first-order valence-corrected chi connectivity index (χ1v) is 20.0. The van der Waals surface area contributed by atoms with Gasteiger partial charge in [-0.15, -0.1) is 18.2 Å². The van der Waals surface area contributed by atoms with Crippen molar-refractivity contribution in [2.75, 3.05) is 46.5 Å². The molecule has 1 amide bonds. The summed E-state index contributed by atoms with van der Waals surface area (Å²) in [4.78, 5) is 33.2. The van der Waals surface area contributed by atoms with E-state index in [4.69, 9.17) is 45.3 Å². The molecule has 2 aromatic rings. The highest BCUT2D eigenvalue weighted by atomic mass is 35.5. The van der Waals surface area contributed by atoms with Gasteiger partial charge in [0.25, 0.3) is 0 Å². The van der Waals surface area contributed by atoms with Gasteiger partial charge in [-0.25, -0.2) is 4.79 Å². The SMILES string of the molecule is C=CCO[C@@]12Oc3ccc(Oc4ccc(OC)c(C=O)c4)cc3[C@H]3[C@H](CCCCO)[C@@H](CCCCO)C=C(C(=NOC(C)(C)C)C[C@@H]1N(C)C(=O)OCCCl)[C@H]32. The molecular weight excluding hydrogens is 740 g/mol. The number of likely N-dealkylation sites (N-methyl/N-ethyl adjacent to an activating group) is 1. The number of amides is 1. The molecule has 12 nitrogen and oxygen atoms in total. The maximum Gasteiger partial charge on any atom is 0.410 e. The van der Waals surface area contributed by atoms with Crippen molar-refractivity contribution in [1.82, 2.24) is 4.90 Å². The second-order valence-electron chi connectivity index (χ2n) is 15.5. The fraction of sp³-hybridized carbons (Fsp3) is 0.558. The summed E-state index contributed by atoms with van der Waals surface area (Å²) in [6, 6.07) is 10.00. The largest absolute Gasteiger partial charge is 0.496 e. The smallest absolute Gasteiger partial charge is 0.410 e. The Balaban J connectivity index is 1.76. The molecule has 2 aliphatic carbocycles. The van der Waals surface area contributed by atoms with E-state index >= 15 is 0 Å². The fourth-order valence-electron chi connectivity index (χ4n) is 8.34. The molecule has 2 N–H and O–H groups in total. The molecule has 0 bridgehead atoms. The predicted octanol–water partition coefficient (Wildman–Crippen LogP) is 8.04. The topological polar surface area (TPSA) is 146 Å². The number of methoxy groups -OCH3 is 1. The molecule has 56 heavy (non-hydrogen) atoms. The van der Waals surface area contributed by atoms with E-state index in [1.54, 1.807) is 31.3 Å². The lowest BCUT2D eigenvalue weighted by Gasteiger charge is -2.59. The first-order valence-electron chi connectivity index (χ1n) is 19.5. The van der Waals surface area contributed by atoms with E-state index in [0.717, 1.165) is 43.1 Å². The van der Waals surface area contributed by atoms with E-state index < -0.39 is 29.4 Å². The zero-order valence-electron chi connectivity index (χ0n) is 33.2. The van der Waals surface area contributed by atoms with Crippen LogP contribution in [0.4, 0.5) is 4.79 Å². The number of carbonyl (C=O) groups is 2. The number of oxime groups is 1. The number of hydrogen-bond acceptors (Lipinski definition) is 11. The van der Waals surface area contributed by atoms with Crippen molar-refractivity contribution in [3.8, 4) is 23.0 Å². The summed E-state index contributed by atoms with van der Waals surface area (Å²) in [7, 11) is 3.18. The fourth-order valence-corrected chi connectivity index (χ4v) is 8.42. The van der Waals surface area contributed by atoms with Gasteiger partial charge in [-0.1, -0.05) is 30.1 Å². The Bertz CT molecular complexity index is 1740. The summed E-state index contributed by atoms with van der Waals surface area (Å²) in [6.45, 7) is 10.1. The Morgan fingerprint density at radius 2 is 1.80 bits per heavy atom. The number of unbranched alkanes of at least 4 members (excludes halogenated alkanes) is 2. The molecule has 3 aliphatic rings. The molecule has 13 heteroatoms. The van der Waals surface area contributed by atoms with Gasteiger partial charge in [0.2, 0.25) is 5.79 Å². The van der Waals surface area contributed by atoms with Gasteiger partial charge in [0.1, 0.15) is 41.2 Å². The van der Waals surface area contributed by atoms with Crippen LogP contribution in [0.3, 0.4) is 0 Å². The number of aliphatic hydroxyl groups excluding tert-OH is 2. The van der Waals surface area contributed by atoms with E-state index in [1.807, 2.05) is 39.0 Å². The van der Waals surface area contributed by atoms with Gasteiger partial charge in [-0.2, -0.15) is 0 Å². The highest BCUT2D eigenvalue weighted by Gasteiger charge is 2.65. The lowest BCUT2D eigenvalue weighted by molar-refractivity contribution is -0.253. The molecule has 1 saturated carbocycles. The molecule has 1 heterocycles. The number of alkyl halides is 1. The number of aliphatic hydroxyl groups is 2. The number of aldehydes is 1. The minimum atomic E-state index is -1.42. The molecule has 1 fully saturated rings. The average molecular weight is 797 g/mol. The monoisotopic (exact) mass is 796 g/mol. The Hall–Kier alpha value is -4.10. The third-order valence-electron chi connectivity index (χ3n) is 10.7. The van der Waals surface area contributed by atoms with Crippen molar-refractivity contribution >= 4 is 29.7 Å². The van der Waals surface area contributed by atoms with Crippen LogP contribution in [0.25, 0.3) is 0 Å². The molecule has 306 valence electrons. The van der Waals surface area contributed by atoms with Crippen LogP contribution >= 0.6 is 11.6 Å². The van der Waals surface area contributed by atoms with Crippen molar-refractivity contribution in [3.05, 3.63) is 71.8 Å². The number of fused-ring (bicyclic) bond motifs is 2. The van der Waals surface area contributed by atoms with Gasteiger partial charge in [-0.05, 0) is 100 Å². The van der Waals surface area contributed by atoms with E-state index in [9.17, 15) is 19.8 Å². The van der Waals surface area contributed by atoms with Crippen molar-refractivity contribution < 1.29 is 48.3 Å². The molecular formula is C43H57ClN2O10. The highest BCUT2D eigenvalue weighted by Crippen LogP contribution is 2.62. The van der Waals surface area contributed by atoms with Gasteiger partial charge < -0.3 is 43.6 Å². The maximum atomic E-state index is 13.7. The van der Waals surface area contributed by atoms with E-state index in [0.29, 0.717) is 47.1 Å². The van der Waals surface area contributed by atoms with Crippen molar-refractivity contribution in [2.24, 2.45) is 22.9 Å². The maximum absolute atomic E-state index is 13.7. The predicted molar refractivity (Wildman–Crippen MR) is 214 cm³/mol. The third-order valence-corrected chi connectivity index (χ3v) is 10.9. The third kappa shape index (κ3) is 9.53. The lowest BCUT2D eigenvalue weighted by atomic mass is 9.55. The van der Waals surface area contributed by atoms with Crippen LogP contribution in [-0.2, 0) is 14.3 Å². The zero-order chi connectivity index (χ0) is 40.5. The van der Waals surface area contributed by atoms with Crippen LogP contribution in [0.15, 0.2) is 65.9 Å². The summed E-state index contributed by atoms with van der Waals surface area (Å²) in [6.07, 6.45) is 8.81. The quantitative estimate of drug-likeness (QED) is 0.0471. The molecule has 5 rings (SSSR count). The zero-order valence-corrected chi connectivity index (χ0v) is 34.0. The van der Waals surface area contributed by atoms with Crippen LogP contribution in [0.5, 0.6) is 23.0 Å². The Morgan fingerprint density at radius 3 is 2.46 bits per heavy atom. The number of rotatable bonds is 19. The first kappa shape index (κ1) is 43.0. The van der Waals surface area contributed by atoms with Crippen molar-refractivity contribution in [2.45, 2.75) is 89.1 Å². The highest BCUT2D eigenvalue weighted by molar-refractivity contribution is 6.18. The van der Waals surface area contributed by atoms with E-state index in [-0.39, 0.29) is 56.5 Å². The summed E-state index contributed by atoms with van der Waals surface area (Å²) in [5.41, 5.74) is 2.24. The Morgan fingerprint density at radius 1 is 1.09 bits per heavy atom. The van der Waals surface area contributed by atoms with Gasteiger partial charge in [0.15, 0.2) is 6.29 Å². The lowest BCUT2D eigenvalue weighted by Crippen LogP contribution is -2.69. The van der Waals surface area contributed by atoms with Crippen LogP contribution in [0.2, 0.25) is 0 Å². The number of hydrogen-bond donors (Lipinski definition) is 2. The number of ether oxygens (including phenoxy) is 5. The van der Waals surface area contributed by atoms with Crippen molar-refractivity contribution in [3.63, 3.8) is 0 Å². The minimum Gasteiger partial charge on any atom is -0.496 e. The molecule has 0 radical (unpaired) electrons. The van der Waals surface area contributed by atoms with Crippen LogP contribution in [0.1, 0.15) is 87.6 Å². The minimum absolute atomic E-state index is 0.0262. The van der Waals surface area contributed by atoms with Crippen LogP contribution in [0, 0.1) is 17.8 Å². The van der Waals surface area contributed by atoms with Gasteiger partial charge in [0.05, 0.1) is 36.8 Å². The van der Waals surface area contributed by atoms with Gasteiger partial charge in [-0.3, -0.25) is 4.79 Å². The van der Waals surface area contributed by atoms with Crippen LogP contribution in [-0.4, -0.2) is 97.1 Å². The molecule has 1 aliphatic heterocycles. The number of nitrogens with zero attached hydrogens (tertiary/aromatic N) is 2. The number of carbonyl (C=O) groups excluding carboxylic acids is 2. The standard InChI is InChI=1S/C43H57ClN2O10/c1-7-21-53-43-38(46(5)41(50)52-22-18-44)26-35(45-56-42(2,3)4)33-24-28(12-8-10-19-47)32(13-9-11-20-48)39(40(33)43)34-25-31(15-17-37(34)55-43)54-30-14-16-36(51-6)29(23-30)27-49/h7,14-17,23-25,27-28,32,38-40,47-48H,1,8-13,18-22,26H2,2-6H3/t28-,32+,38-,39+,40+,43+/m0/s1. The number of allylic oxidation sites excluding steroid dienone is 1. The molecule has 2 aromatic carbocycles. The average Bonchev–Trinajstić information content (AvgIpc) is 3.19. The summed E-state index contributed by atoms with van der Waals surface area (Å²) in [5.74, 6) is 0.0760. The molecule has 0 saturated heterocycles. The van der Waals surface area contributed by atoms with E-state index in [2.05, 4.69) is 12.7 Å². The first-order chi connectivity index (χ1) is 26.9. The second kappa shape index (κ2) is 19.4. The molecule has 0 spiro atoms. The van der Waals surface area contributed by atoms with E-state index in [1.165, 1.54) is 12.0 Å². The second-order valence-corrected chi connectivity index (χ2v) is 15.9. The summed E-state index contributed by atoms with van der Waals surface area (Å²) < 4.78 is 31.3. The van der Waals surface area contributed by atoms with Crippen molar-refractivity contribution in [1.29, 1.82) is 0 Å². The summed E-state index contributed by atoms with van der Waals surface area (Å²) >= 11 is 5.93. The molecule has 6 atom stereocenters. The Labute approximate surface area is 335 Å². The molecule has 0 unspecified atom stereocenters. The normalized spacial score (nSPS) is 24.5.